The van der Waals surface area contributed by atoms with E-state index in [1.807, 2.05) is 12.1 Å². The van der Waals surface area contributed by atoms with Crippen LogP contribution < -0.4 is 5.32 Å². The Hall–Kier alpha value is -0.930. The molecule has 0 amide bonds. The van der Waals surface area contributed by atoms with E-state index in [9.17, 15) is 4.39 Å². The van der Waals surface area contributed by atoms with E-state index < -0.39 is 0 Å². The molecule has 0 aromatic heterocycles. The zero-order valence-electron chi connectivity index (χ0n) is 12.3. The lowest BCUT2D eigenvalue weighted by Gasteiger charge is -2.20. The van der Waals surface area contributed by atoms with Gasteiger partial charge in [0.2, 0.25) is 0 Å². The van der Waals surface area contributed by atoms with E-state index in [0.29, 0.717) is 6.04 Å². The summed E-state index contributed by atoms with van der Waals surface area (Å²) in [6.07, 6.45) is 3.08. The highest BCUT2D eigenvalue weighted by atomic mass is 19.1. The summed E-state index contributed by atoms with van der Waals surface area (Å²) >= 11 is 0. The first kappa shape index (κ1) is 16.1. The van der Waals surface area contributed by atoms with Gasteiger partial charge in [-0.15, -0.1) is 0 Å². The molecule has 19 heavy (non-hydrogen) atoms. The Labute approximate surface area is 116 Å². The molecule has 0 aliphatic heterocycles. The Morgan fingerprint density at radius 3 is 2.58 bits per heavy atom. The highest BCUT2D eigenvalue weighted by molar-refractivity contribution is 5.22. The van der Waals surface area contributed by atoms with Crippen LogP contribution in [0.2, 0.25) is 0 Å². The number of ether oxygens (including phenoxy) is 1. The SMILES string of the molecule is COCCCCC(CNC(C)C)c1ccccc1F. The maximum Gasteiger partial charge on any atom is 0.126 e. The summed E-state index contributed by atoms with van der Waals surface area (Å²) in [5.41, 5.74) is 0.827. The molecule has 0 bridgehead atoms. The van der Waals surface area contributed by atoms with Gasteiger partial charge in [-0.05, 0) is 30.4 Å². The van der Waals surface area contributed by atoms with E-state index in [1.165, 1.54) is 0 Å². The standard InChI is InChI=1S/C16H26FNO/c1-13(2)18-12-14(8-6-7-11-19-3)15-9-4-5-10-16(15)17/h4-5,9-10,13-14,18H,6-8,11-12H2,1-3H3. The van der Waals surface area contributed by atoms with Crippen molar-refractivity contribution < 1.29 is 9.13 Å². The maximum atomic E-state index is 13.9. The van der Waals surface area contributed by atoms with Crippen molar-refractivity contribution in [2.75, 3.05) is 20.3 Å². The average molecular weight is 267 g/mol. The number of rotatable bonds is 9. The van der Waals surface area contributed by atoms with Crippen molar-refractivity contribution in [2.45, 2.75) is 45.1 Å². The van der Waals surface area contributed by atoms with Crippen molar-refractivity contribution >= 4 is 0 Å². The monoisotopic (exact) mass is 267 g/mol. The Morgan fingerprint density at radius 1 is 1.21 bits per heavy atom. The minimum atomic E-state index is -0.0928. The van der Waals surface area contributed by atoms with Gasteiger partial charge in [-0.2, -0.15) is 0 Å². The lowest BCUT2D eigenvalue weighted by molar-refractivity contribution is 0.191. The number of benzene rings is 1. The largest absolute Gasteiger partial charge is 0.385 e. The molecule has 0 fully saturated rings. The Kier molecular flexibility index (Phi) is 7.68. The summed E-state index contributed by atoms with van der Waals surface area (Å²) in [7, 11) is 1.72. The van der Waals surface area contributed by atoms with Crippen molar-refractivity contribution in [1.29, 1.82) is 0 Å². The van der Waals surface area contributed by atoms with Crippen molar-refractivity contribution in [3.63, 3.8) is 0 Å². The first-order chi connectivity index (χ1) is 9.15. The van der Waals surface area contributed by atoms with Crippen molar-refractivity contribution in [2.24, 2.45) is 0 Å². The minimum Gasteiger partial charge on any atom is -0.385 e. The number of unbranched alkanes of at least 4 members (excludes halogenated alkanes) is 1. The fraction of sp³-hybridized carbons (Fsp3) is 0.625. The van der Waals surface area contributed by atoms with Crippen molar-refractivity contribution in [3.05, 3.63) is 35.6 Å². The van der Waals surface area contributed by atoms with Gasteiger partial charge in [-0.1, -0.05) is 38.5 Å². The van der Waals surface area contributed by atoms with E-state index in [-0.39, 0.29) is 11.7 Å². The molecule has 0 aliphatic carbocycles. The molecule has 0 saturated heterocycles. The van der Waals surface area contributed by atoms with Crippen molar-refractivity contribution in [3.8, 4) is 0 Å². The Bertz CT molecular complexity index is 354. The summed E-state index contributed by atoms with van der Waals surface area (Å²) in [5.74, 6) is 0.144. The lowest BCUT2D eigenvalue weighted by atomic mass is 9.92. The molecule has 1 atom stereocenters. The number of halogens is 1. The van der Waals surface area contributed by atoms with Gasteiger partial charge in [0.05, 0.1) is 0 Å². The van der Waals surface area contributed by atoms with Crippen molar-refractivity contribution in [1.82, 2.24) is 5.32 Å². The number of methoxy groups -OCH3 is 1. The molecule has 3 heteroatoms. The Balaban J connectivity index is 2.60. The fourth-order valence-electron chi connectivity index (χ4n) is 2.19. The number of hydrogen-bond donors (Lipinski definition) is 1. The minimum absolute atomic E-state index is 0.0928. The summed E-state index contributed by atoms with van der Waals surface area (Å²) < 4.78 is 18.9. The lowest BCUT2D eigenvalue weighted by Crippen LogP contribution is -2.28. The van der Waals surface area contributed by atoms with Gasteiger partial charge in [0, 0.05) is 26.3 Å². The van der Waals surface area contributed by atoms with Crippen LogP contribution >= 0.6 is 0 Å². The first-order valence-corrected chi connectivity index (χ1v) is 7.12. The molecule has 2 nitrogen and oxygen atoms in total. The zero-order chi connectivity index (χ0) is 14.1. The average Bonchev–Trinajstić information content (AvgIpc) is 2.39. The third-order valence-corrected chi connectivity index (χ3v) is 3.27. The number of hydrogen-bond acceptors (Lipinski definition) is 2. The molecule has 1 rings (SSSR count). The molecule has 1 N–H and O–H groups in total. The Morgan fingerprint density at radius 2 is 1.95 bits per heavy atom. The second-order valence-electron chi connectivity index (χ2n) is 5.27. The van der Waals surface area contributed by atoms with Gasteiger partial charge in [0.25, 0.3) is 0 Å². The summed E-state index contributed by atoms with van der Waals surface area (Å²) in [5, 5.41) is 3.41. The molecule has 0 heterocycles. The van der Waals surface area contributed by atoms with Gasteiger partial charge < -0.3 is 10.1 Å². The van der Waals surface area contributed by atoms with Crippen LogP contribution in [0.15, 0.2) is 24.3 Å². The molecular weight excluding hydrogens is 241 g/mol. The molecule has 108 valence electrons. The molecule has 0 saturated carbocycles. The van der Waals surface area contributed by atoms with Gasteiger partial charge in [-0.25, -0.2) is 4.39 Å². The van der Waals surface area contributed by atoms with Gasteiger partial charge >= 0.3 is 0 Å². The normalized spacial score (nSPS) is 12.9. The maximum absolute atomic E-state index is 13.9. The summed E-state index contributed by atoms with van der Waals surface area (Å²) in [4.78, 5) is 0. The van der Waals surface area contributed by atoms with Crippen LogP contribution in [0.25, 0.3) is 0 Å². The highest BCUT2D eigenvalue weighted by Gasteiger charge is 2.15. The zero-order valence-corrected chi connectivity index (χ0v) is 12.3. The molecule has 1 aromatic carbocycles. The van der Waals surface area contributed by atoms with Crippen LogP contribution in [0.4, 0.5) is 4.39 Å². The van der Waals surface area contributed by atoms with E-state index in [4.69, 9.17) is 4.74 Å². The van der Waals surface area contributed by atoms with E-state index in [0.717, 1.165) is 38.0 Å². The van der Waals surface area contributed by atoms with Gasteiger partial charge in [0.1, 0.15) is 5.82 Å². The molecule has 0 spiro atoms. The van der Waals surface area contributed by atoms with Crippen LogP contribution in [0.5, 0.6) is 0 Å². The predicted octanol–water partition coefficient (Wildman–Crippen LogP) is 3.72. The highest BCUT2D eigenvalue weighted by Crippen LogP contribution is 2.24. The van der Waals surface area contributed by atoms with Crippen LogP contribution in [-0.2, 0) is 4.74 Å². The van der Waals surface area contributed by atoms with Gasteiger partial charge in [0.15, 0.2) is 0 Å². The first-order valence-electron chi connectivity index (χ1n) is 7.12. The van der Waals surface area contributed by atoms with E-state index in [1.54, 1.807) is 19.2 Å². The van der Waals surface area contributed by atoms with E-state index >= 15 is 0 Å². The fourth-order valence-corrected chi connectivity index (χ4v) is 2.19. The number of nitrogens with one attached hydrogen (secondary N) is 1. The third-order valence-electron chi connectivity index (χ3n) is 3.27. The summed E-state index contributed by atoms with van der Waals surface area (Å²) in [6, 6.07) is 7.53. The van der Waals surface area contributed by atoms with Gasteiger partial charge in [-0.3, -0.25) is 0 Å². The molecule has 1 unspecified atom stereocenters. The third kappa shape index (κ3) is 6.17. The summed E-state index contributed by atoms with van der Waals surface area (Å²) in [6.45, 7) is 5.83. The quantitative estimate of drug-likeness (QED) is 0.688. The van der Waals surface area contributed by atoms with Crippen LogP contribution in [0, 0.1) is 5.82 Å². The van der Waals surface area contributed by atoms with E-state index in [2.05, 4.69) is 19.2 Å². The van der Waals surface area contributed by atoms with Crippen LogP contribution in [-0.4, -0.2) is 26.3 Å². The van der Waals surface area contributed by atoms with Crippen LogP contribution in [0.1, 0.15) is 44.6 Å². The smallest absolute Gasteiger partial charge is 0.126 e. The molecule has 1 aromatic rings. The predicted molar refractivity (Wildman–Crippen MR) is 78.0 cm³/mol. The second kappa shape index (κ2) is 9.05. The molecular formula is C16H26FNO. The van der Waals surface area contributed by atoms with Crippen LogP contribution in [0.3, 0.4) is 0 Å². The topological polar surface area (TPSA) is 21.3 Å². The molecule has 0 aliphatic rings. The molecule has 0 radical (unpaired) electrons. The second-order valence-corrected chi connectivity index (χ2v) is 5.27.